The van der Waals surface area contributed by atoms with Crippen molar-refractivity contribution in [1.82, 2.24) is 4.90 Å². The highest BCUT2D eigenvalue weighted by Crippen LogP contribution is 2.28. The maximum atomic E-state index is 12.2. The van der Waals surface area contributed by atoms with Crippen molar-refractivity contribution in [3.8, 4) is 5.75 Å². The molecule has 1 aliphatic rings. The van der Waals surface area contributed by atoms with E-state index in [9.17, 15) is 14.9 Å². The summed E-state index contributed by atoms with van der Waals surface area (Å²) in [5.41, 5.74) is -0.958. The second-order valence-electron chi connectivity index (χ2n) is 6.09. The van der Waals surface area contributed by atoms with Crippen LogP contribution in [0.1, 0.15) is 13.3 Å². The third kappa shape index (κ3) is 5.95. The summed E-state index contributed by atoms with van der Waals surface area (Å²) >= 11 is 11.4. The van der Waals surface area contributed by atoms with Crippen LogP contribution in [0.5, 0.6) is 5.75 Å². The molecule has 2 rings (SSSR count). The van der Waals surface area contributed by atoms with Crippen LogP contribution in [-0.2, 0) is 9.53 Å². The minimum Gasteiger partial charge on any atom is -0.424 e. The fourth-order valence-electron chi connectivity index (χ4n) is 2.65. The van der Waals surface area contributed by atoms with Crippen molar-refractivity contribution in [2.24, 2.45) is 0 Å². The molecule has 28 heavy (non-hydrogen) atoms. The molecule has 152 valence electrons. The van der Waals surface area contributed by atoms with E-state index in [0.29, 0.717) is 25.5 Å². The Labute approximate surface area is 173 Å². The smallest absolute Gasteiger partial charge is 0.386 e. The molecule has 0 fully saturated rings. The molecule has 1 amide bonds. The quantitative estimate of drug-likeness (QED) is 0.187. The van der Waals surface area contributed by atoms with E-state index in [1.807, 2.05) is 6.92 Å². The largest absolute Gasteiger partial charge is 0.424 e. The van der Waals surface area contributed by atoms with Gasteiger partial charge >= 0.3 is 5.72 Å². The van der Waals surface area contributed by atoms with E-state index >= 15 is 0 Å². The van der Waals surface area contributed by atoms with Crippen LogP contribution in [0.15, 0.2) is 54.1 Å². The van der Waals surface area contributed by atoms with E-state index in [1.165, 1.54) is 11.0 Å². The third-order valence-corrected chi connectivity index (χ3v) is 4.52. The summed E-state index contributed by atoms with van der Waals surface area (Å²) in [4.78, 5) is 23.7. The number of benzene rings is 1. The topological polar surface area (TPSA) is 81.9 Å². The number of hydrogen-bond acceptors (Lipinski definition) is 5. The number of amides is 1. The van der Waals surface area contributed by atoms with Crippen LogP contribution < -0.4 is 4.74 Å². The minimum absolute atomic E-state index is 0.0272. The number of rotatable bonds is 10. The van der Waals surface area contributed by atoms with Gasteiger partial charge in [0.15, 0.2) is 4.84 Å². The zero-order chi connectivity index (χ0) is 20.6. The monoisotopic (exact) mass is 428 g/mol. The third-order valence-electron chi connectivity index (χ3n) is 4.14. The van der Waals surface area contributed by atoms with Gasteiger partial charge < -0.3 is 14.4 Å². The molecule has 0 aliphatic heterocycles. The van der Waals surface area contributed by atoms with Crippen LogP contribution in [0.25, 0.3) is 0 Å². The Balaban J connectivity index is 2.09. The molecule has 0 bridgehead atoms. The molecule has 0 saturated heterocycles. The van der Waals surface area contributed by atoms with E-state index in [4.69, 9.17) is 32.7 Å². The number of nitrogens with zero attached hydrogens (tertiary/aromatic N) is 2. The first-order chi connectivity index (χ1) is 13.4. The van der Waals surface area contributed by atoms with Crippen LogP contribution >= 0.6 is 23.2 Å². The van der Waals surface area contributed by atoms with E-state index < -0.39 is 21.4 Å². The lowest BCUT2D eigenvalue weighted by Crippen LogP contribution is -2.44. The number of alkyl halides is 2. The predicted octanol–water partition coefficient (Wildman–Crippen LogP) is 3.59. The van der Waals surface area contributed by atoms with Crippen LogP contribution in [0.3, 0.4) is 0 Å². The summed E-state index contributed by atoms with van der Waals surface area (Å²) in [6.45, 7) is 3.26. The van der Waals surface area contributed by atoms with Crippen LogP contribution in [0.4, 0.5) is 0 Å². The highest BCUT2D eigenvalue weighted by atomic mass is 35.5. The van der Waals surface area contributed by atoms with Gasteiger partial charge in [0.05, 0.1) is 18.0 Å². The van der Waals surface area contributed by atoms with Gasteiger partial charge in [-0.1, -0.05) is 53.6 Å². The molecule has 7 nitrogen and oxygen atoms in total. The Hall–Kier alpha value is -2.09. The zero-order valence-electron chi connectivity index (χ0n) is 15.4. The number of carbonyl (C=O) groups excluding carboxylic acids is 1. The fourth-order valence-corrected chi connectivity index (χ4v) is 2.93. The average molecular weight is 429 g/mol. The summed E-state index contributed by atoms with van der Waals surface area (Å²) in [7, 11) is 0. The SMILES string of the molecule is CCOCCN(CC1=CCC(Oc2ccccc2)([N+](=O)[O-])C=C1)C(=O)C(Cl)Cl. The first kappa shape index (κ1) is 22.2. The van der Waals surface area contributed by atoms with Crippen molar-refractivity contribution in [1.29, 1.82) is 0 Å². The van der Waals surface area contributed by atoms with Gasteiger partial charge in [0.2, 0.25) is 0 Å². The molecule has 0 N–H and O–H groups in total. The highest BCUT2D eigenvalue weighted by Gasteiger charge is 2.43. The number of para-hydroxylation sites is 1. The molecular formula is C19H22Cl2N2O5. The van der Waals surface area contributed by atoms with Gasteiger partial charge in [0, 0.05) is 25.8 Å². The van der Waals surface area contributed by atoms with Gasteiger partial charge in [-0.3, -0.25) is 14.9 Å². The number of ether oxygens (including phenoxy) is 2. The number of hydrogen-bond donors (Lipinski definition) is 0. The lowest BCUT2D eigenvalue weighted by molar-refractivity contribution is -0.598. The van der Waals surface area contributed by atoms with Crippen molar-refractivity contribution in [2.75, 3.05) is 26.3 Å². The molecule has 1 aromatic carbocycles. The van der Waals surface area contributed by atoms with Gasteiger partial charge in [-0.05, 0) is 24.6 Å². The first-order valence-corrected chi connectivity index (χ1v) is 9.67. The second-order valence-corrected chi connectivity index (χ2v) is 7.19. The fraction of sp³-hybridized carbons (Fsp3) is 0.421. The van der Waals surface area contributed by atoms with Crippen LogP contribution in [0, 0.1) is 10.1 Å². The van der Waals surface area contributed by atoms with Crippen molar-refractivity contribution in [3.63, 3.8) is 0 Å². The summed E-state index contributed by atoms with van der Waals surface area (Å²) < 4.78 is 10.9. The number of halogens is 2. The Bertz CT molecular complexity index is 739. The summed E-state index contributed by atoms with van der Waals surface area (Å²) in [5.74, 6) is -0.0367. The highest BCUT2D eigenvalue weighted by molar-refractivity contribution is 6.53. The first-order valence-electron chi connectivity index (χ1n) is 8.79. The molecule has 9 heteroatoms. The molecule has 0 heterocycles. The standard InChI is InChI=1S/C19H22Cl2N2O5/c1-2-27-13-12-22(18(24)17(20)21)14-15-8-10-19(11-9-15,23(25)26)28-16-6-4-3-5-7-16/h3-10,17H,2,11-14H2,1H3. The van der Waals surface area contributed by atoms with E-state index in [2.05, 4.69) is 0 Å². The molecule has 1 aliphatic carbocycles. The minimum atomic E-state index is -1.69. The Kier molecular flexibility index (Phi) is 8.29. The Morgan fingerprint density at radius 2 is 2.07 bits per heavy atom. The molecule has 0 aromatic heterocycles. The summed E-state index contributed by atoms with van der Waals surface area (Å²) in [6.07, 6.45) is 4.70. The van der Waals surface area contributed by atoms with Gasteiger partial charge in [-0.25, -0.2) is 0 Å². The van der Waals surface area contributed by atoms with Crippen LogP contribution in [0.2, 0.25) is 0 Å². The number of carbonyl (C=O) groups is 1. The van der Waals surface area contributed by atoms with Gasteiger partial charge in [0.25, 0.3) is 5.91 Å². The van der Waals surface area contributed by atoms with E-state index in [0.717, 1.165) is 5.57 Å². The predicted molar refractivity (Wildman–Crippen MR) is 107 cm³/mol. The summed E-state index contributed by atoms with van der Waals surface area (Å²) in [5, 5.41) is 11.7. The average Bonchev–Trinajstić information content (AvgIpc) is 2.68. The molecule has 0 spiro atoms. The molecular weight excluding hydrogens is 407 g/mol. The second kappa shape index (κ2) is 10.5. The maximum Gasteiger partial charge on any atom is 0.386 e. The zero-order valence-corrected chi connectivity index (χ0v) is 16.9. The summed E-state index contributed by atoms with van der Waals surface area (Å²) in [6, 6.07) is 8.61. The Morgan fingerprint density at radius 3 is 2.61 bits per heavy atom. The Morgan fingerprint density at radius 1 is 1.36 bits per heavy atom. The van der Waals surface area contributed by atoms with Gasteiger partial charge in [-0.15, -0.1) is 0 Å². The van der Waals surface area contributed by atoms with Crippen molar-refractivity contribution in [2.45, 2.75) is 23.9 Å². The van der Waals surface area contributed by atoms with E-state index in [-0.39, 0.29) is 13.0 Å². The lowest BCUT2D eigenvalue weighted by Gasteiger charge is -2.27. The molecule has 0 saturated carbocycles. The normalized spacial score (nSPS) is 18.6. The lowest BCUT2D eigenvalue weighted by atomic mass is 9.99. The number of nitro groups is 1. The van der Waals surface area contributed by atoms with Crippen molar-refractivity contribution < 1.29 is 19.2 Å². The van der Waals surface area contributed by atoms with Gasteiger partial charge in [0.1, 0.15) is 5.75 Å². The molecule has 1 atom stereocenters. The molecule has 1 unspecified atom stereocenters. The molecule has 0 radical (unpaired) electrons. The van der Waals surface area contributed by atoms with Crippen LogP contribution in [-0.4, -0.2) is 52.6 Å². The van der Waals surface area contributed by atoms with Crippen molar-refractivity contribution >= 4 is 29.1 Å². The maximum absolute atomic E-state index is 12.2. The van der Waals surface area contributed by atoms with Crippen molar-refractivity contribution in [3.05, 3.63) is 64.2 Å². The van der Waals surface area contributed by atoms with E-state index in [1.54, 1.807) is 42.5 Å². The van der Waals surface area contributed by atoms with Gasteiger partial charge in [-0.2, -0.15) is 0 Å². The molecule has 1 aromatic rings.